The Morgan fingerprint density at radius 3 is 2.26 bits per heavy atom. The van der Waals surface area contributed by atoms with Gasteiger partial charge in [-0.25, -0.2) is 0 Å². The molecule has 1 aliphatic rings. The van der Waals surface area contributed by atoms with E-state index in [0.29, 0.717) is 16.9 Å². The lowest BCUT2D eigenvalue weighted by Crippen LogP contribution is -2.29. The van der Waals surface area contributed by atoms with E-state index in [4.69, 9.17) is 14.2 Å². The van der Waals surface area contributed by atoms with Gasteiger partial charge in [0.25, 0.3) is 0 Å². The molecule has 2 heterocycles. The first-order valence-corrected chi connectivity index (χ1v) is 12.0. The van der Waals surface area contributed by atoms with E-state index in [2.05, 4.69) is 34.6 Å². The number of benzene rings is 3. The smallest absolute Gasteiger partial charge is 0.335 e. The lowest BCUT2D eigenvalue weighted by molar-refractivity contribution is 0.103. The normalized spacial score (nSPS) is 13.3. The Labute approximate surface area is 202 Å². The van der Waals surface area contributed by atoms with Crippen LogP contribution in [0.15, 0.2) is 72.8 Å². The van der Waals surface area contributed by atoms with Gasteiger partial charge in [-0.05, 0) is 74.2 Å². The van der Waals surface area contributed by atoms with Crippen LogP contribution in [0.25, 0.3) is 16.6 Å². The number of fused-ring (bicyclic) bond motifs is 1. The minimum absolute atomic E-state index is 0.0472. The Morgan fingerprint density at radius 2 is 1.56 bits per heavy atom. The van der Waals surface area contributed by atoms with Crippen molar-refractivity contribution in [3.63, 3.8) is 0 Å². The fourth-order valence-electron chi connectivity index (χ4n) is 4.56. The molecule has 5 rings (SSSR count). The number of hydrogen-bond acceptors (Lipinski definition) is 5. The molecule has 174 valence electrons. The van der Waals surface area contributed by atoms with Crippen LogP contribution in [0.1, 0.15) is 40.9 Å². The Kier molecular flexibility index (Phi) is 7.23. The fourth-order valence-corrected chi connectivity index (χ4v) is 4.56. The zero-order valence-corrected chi connectivity index (χ0v) is 19.9. The molecule has 2 N–H and O–H groups in total. The van der Waals surface area contributed by atoms with Gasteiger partial charge in [-0.1, -0.05) is 30.3 Å². The van der Waals surface area contributed by atoms with Crippen molar-refractivity contribution < 1.29 is 13.2 Å². The Hall–Kier alpha value is -3.71. The summed E-state index contributed by atoms with van der Waals surface area (Å²) in [5, 5.41) is 1.04. The highest BCUT2D eigenvalue weighted by molar-refractivity contribution is 7.51. The van der Waals surface area contributed by atoms with E-state index in [-0.39, 0.29) is 5.78 Å². The van der Waals surface area contributed by atoms with E-state index in [1.807, 2.05) is 54.6 Å². The molecule has 0 aliphatic carbocycles. The molecule has 0 amide bonds. The van der Waals surface area contributed by atoms with Gasteiger partial charge in [-0.3, -0.25) is 4.79 Å². The maximum absolute atomic E-state index is 13.8. The number of nitrogen functional groups attached to an aromatic ring is 1. The van der Waals surface area contributed by atoms with Gasteiger partial charge in [0.15, 0.2) is 0 Å². The molecular weight excluding hydrogens is 446 g/mol. The van der Waals surface area contributed by atoms with Crippen molar-refractivity contribution in [3.8, 4) is 5.69 Å². The molecule has 0 radical (unpaired) electrons. The Balaban J connectivity index is 0.000000868. The second kappa shape index (κ2) is 10.5. The van der Waals surface area contributed by atoms with E-state index in [0.717, 1.165) is 40.9 Å². The number of rotatable bonds is 4. The van der Waals surface area contributed by atoms with Crippen LogP contribution in [0.2, 0.25) is 0 Å². The van der Waals surface area contributed by atoms with Gasteiger partial charge in [-0.15, -0.1) is 0 Å². The predicted octanol–water partition coefficient (Wildman–Crippen LogP) is 5.07. The van der Waals surface area contributed by atoms with E-state index in [1.165, 1.54) is 19.3 Å². The van der Waals surface area contributed by atoms with Crippen molar-refractivity contribution in [3.05, 3.63) is 89.6 Å². The SMILES string of the molecule is Cc1ccc2cc(C(=O)c3cc(N4CCCCC4)ccc3N)n(-c3ccccc3)c2c1.O=S=O. The third-order valence-electron chi connectivity index (χ3n) is 6.21. The second-order valence-corrected chi connectivity index (χ2v) is 8.62. The van der Waals surface area contributed by atoms with Crippen LogP contribution in [-0.2, 0) is 11.6 Å². The first-order chi connectivity index (χ1) is 16.5. The topological polar surface area (TPSA) is 85.4 Å². The molecule has 6 nitrogen and oxygen atoms in total. The molecule has 3 aromatic carbocycles. The summed E-state index contributed by atoms with van der Waals surface area (Å²) >= 11 is -0.750. The molecule has 0 unspecified atom stereocenters. The van der Waals surface area contributed by atoms with Crippen molar-refractivity contribution >= 4 is 39.6 Å². The highest BCUT2D eigenvalue weighted by Crippen LogP contribution is 2.30. The van der Waals surface area contributed by atoms with Crippen molar-refractivity contribution in [1.29, 1.82) is 0 Å². The van der Waals surface area contributed by atoms with Crippen LogP contribution in [0.4, 0.5) is 11.4 Å². The average Bonchev–Trinajstić information content (AvgIpc) is 3.24. The third kappa shape index (κ3) is 4.79. The van der Waals surface area contributed by atoms with Gasteiger partial charge >= 0.3 is 11.6 Å². The third-order valence-corrected chi connectivity index (χ3v) is 6.21. The van der Waals surface area contributed by atoms with Gasteiger partial charge in [0.2, 0.25) is 5.78 Å². The monoisotopic (exact) mass is 473 g/mol. The minimum Gasteiger partial charge on any atom is -0.398 e. The molecule has 1 saturated heterocycles. The van der Waals surface area contributed by atoms with Crippen LogP contribution in [0.5, 0.6) is 0 Å². The molecule has 0 spiro atoms. The van der Waals surface area contributed by atoms with Gasteiger partial charge in [0.1, 0.15) is 0 Å². The van der Waals surface area contributed by atoms with Gasteiger partial charge in [-0.2, -0.15) is 8.42 Å². The molecule has 7 heteroatoms. The largest absolute Gasteiger partial charge is 0.398 e. The molecule has 4 aromatic rings. The summed E-state index contributed by atoms with van der Waals surface area (Å²) in [4.78, 5) is 16.2. The number of carbonyl (C=O) groups excluding carboxylic acids is 1. The van der Waals surface area contributed by atoms with E-state index in [1.54, 1.807) is 0 Å². The first kappa shape index (κ1) is 23.4. The summed E-state index contributed by atoms with van der Waals surface area (Å²) in [7, 11) is 0. The van der Waals surface area contributed by atoms with Crippen molar-refractivity contribution in [2.45, 2.75) is 26.2 Å². The number of anilines is 2. The lowest BCUT2D eigenvalue weighted by Gasteiger charge is -2.29. The number of para-hydroxylation sites is 1. The molecule has 34 heavy (non-hydrogen) atoms. The summed E-state index contributed by atoms with van der Waals surface area (Å²) in [6.07, 6.45) is 3.65. The molecule has 0 atom stereocenters. The molecule has 1 fully saturated rings. The van der Waals surface area contributed by atoms with E-state index < -0.39 is 11.6 Å². The minimum atomic E-state index is -0.750. The number of hydrogen-bond donors (Lipinski definition) is 1. The molecule has 1 aliphatic heterocycles. The van der Waals surface area contributed by atoms with Crippen LogP contribution in [0.3, 0.4) is 0 Å². The van der Waals surface area contributed by atoms with Crippen LogP contribution in [0, 0.1) is 6.92 Å². The first-order valence-electron chi connectivity index (χ1n) is 11.3. The maximum atomic E-state index is 13.8. The molecule has 0 bridgehead atoms. The van der Waals surface area contributed by atoms with Gasteiger partial charge < -0.3 is 15.2 Å². The van der Waals surface area contributed by atoms with Crippen LogP contribution in [-0.4, -0.2) is 31.9 Å². The van der Waals surface area contributed by atoms with Crippen LogP contribution < -0.4 is 10.6 Å². The second-order valence-electron chi connectivity index (χ2n) is 8.48. The molecule has 1 aromatic heterocycles. The maximum Gasteiger partial charge on any atom is 0.335 e. The Bertz CT molecular complexity index is 1350. The number of aromatic nitrogens is 1. The van der Waals surface area contributed by atoms with Gasteiger partial charge in [0, 0.05) is 41.1 Å². The number of ketones is 1. The van der Waals surface area contributed by atoms with Gasteiger partial charge in [0.05, 0.1) is 11.2 Å². The number of piperidine rings is 1. The molecular formula is C27H27N3O3S. The summed E-state index contributed by atoms with van der Waals surface area (Å²) in [5.41, 5.74) is 12.3. The summed E-state index contributed by atoms with van der Waals surface area (Å²) in [6.45, 7) is 4.13. The summed E-state index contributed by atoms with van der Waals surface area (Å²) in [6, 6.07) is 24.2. The highest BCUT2D eigenvalue weighted by Gasteiger charge is 2.22. The van der Waals surface area contributed by atoms with Crippen molar-refractivity contribution in [1.82, 2.24) is 4.57 Å². The summed E-state index contributed by atoms with van der Waals surface area (Å²) < 4.78 is 18.6. The number of nitrogens with zero attached hydrogens (tertiary/aromatic N) is 2. The summed E-state index contributed by atoms with van der Waals surface area (Å²) in [5.74, 6) is -0.0472. The van der Waals surface area contributed by atoms with Crippen molar-refractivity contribution in [2.75, 3.05) is 23.7 Å². The predicted molar refractivity (Wildman–Crippen MR) is 137 cm³/mol. The zero-order valence-electron chi connectivity index (χ0n) is 19.1. The fraction of sp³-hybridized carbons (Fsp3) is 0.222. The molecule has 0 saturated carbocycles. The van der Waals surface area contributed by atoms with E-state index >= 15 is 0 Å². The Morgan fingerprint density at radius 1 is 0.853 bits per heavy atom. The standard InChI is InChI=1S/C27H27N3O.O2S/c1-19-10-11-20-17-26(30(25(20)16-19)21-8-4-2-5-9-21)27(31)23-18-22(12-13-24(23)28)29-14-6-3-7-15-29;1-3-2/h2,4-5,8-13,16-18H,3,6-7,14-15,28H2,1H3;. The number of aryl methyl sites for hydroxylation is 1. The van der Waals surface area contributed by atoms with Crippen molar-refractivity contribution in [2.24, 2.45) is 0 Å². The average molecular weight is 474 g/mol. The number of nitrogens with two attached hydrogens (primary N) is 1. The highest BCUT2D eigenvalue weighted by atomic mass is 32.1. The quantitative estimate of drug-likeness (QED) is 0.330. The van der Waals surface area contributed by atoms with Crippen LogP contribution >= 0.6 is 0 Å². The van der Waals surface area contributed by atoms with E-state index in [9.17, 15) is 4.79 Å². The lowest BCUT2D eigenvalue weighted by atomic mass is 10.0. The number of carbonyl (C=O) groups is 1. The zero-order chi connectivity index (χ0) is 24.1.